The molecule has 0 atom stereocenters. The molecule has 0 bridgehead atoms. The molecular formula is C12H22N6O2. The first kappa shape index (κ1) is 16.0. The van der Waals surface area contributed by atoms with Crippen molar-refractivity contribution in [2.75, 3.05) is 44.6 Å². The lowest BCUT2D eigenvalue weighted by Gasteiger charge is -2.26. The first-order valence-corrected chi connectivity index (χ1v) is 6.35. The monoisotopic (exact) mass is 282 g/mol. The van der Waals surface area contributed by atoms with Gasteiger partial charge in [-0.1, -0.05) is 6.92 Å². The predicted molar refractivity (Wildman–Crippen MR) is 77.6 cm³/mol. The number of amides is 1. The zero-order chi connectivity index (χ0) is 15.1. The van der Waals surface area contributed by atoms with Gasteiger partial charge in [0.15, 0.2) is 11.6 Å². The van der Waals surface area contributed by atoms with Gasteiger partial charge in [-0.25, -0.2) is 15.8 Å². The van der Waals surface area contributed by atoms with Crippen molar-refractivity contribution in [2.45, 2.75) is 13.3 Å². The number of hydrazine groups is 1. The summed E-state index contributed by atoms with van der Waals surface area (Å²) in [5.74, 6) is 6.75. The SMILES string of the molecule is CCCN(CC(=O)N(C)C)c1ncnc(NN)c1OC. The minimum atomic E-state index is -0.0126. The average Bonchev–Trinajstić information content (AvgIpc) is 2.45. The van der Waals surface area contributed by atoms with Gasteiger partial charge in [-0.15, -0.1) is 0 Å². The van der Waals surface area contributed by atoms with E-state index < -0.39 is 0 Å². The normalized spacial score (nSPS) is 10.1. The van der Waals surface area contributed by atoms with Gasteiger partial charge < -0.3 is 20.0 Å². The third-order valence-corrected chi connectivity index (χ3v) is 2.74. The van der Waals surface area contributed by atoms with Crippen LogP contribution in [0.15, 0.2) is 6.33 Å². The molecule has 0 aliphatic heterocycles. The number of nitrogens with zero attached hydrogens (tertiary/aromatic N) is 4. The summed E-state index contributed by atoms with van der Waals surface area (Å²) < 4.78 is 5.30. The van der Waals surface area contributed by atoms with Crippen molar-refractivity contribution < 1.29 is 9.53 Å². The van der Waals surface area contributed by atoms with Gasteiger partial charge in [-0.2, -0.15) is 0 Å². The van der Waals surface area contributed by atoms with Crippen LogP contribution in [0.25, 0.3) is 0 Å². The molecule has 0 aromatic carbocycles. The molecule has 20 heavy (non-hydrogen) atoms. The number of carbonyl (C=O) groups is 1. The number of hydrogen-bond donors (Lipinski definition) is 2. The van der Waals surface area contributed by atoms with Crippen molar-refractivity contribution in [3.8, 4) is 5.75 Å². The Bertz CT molecular complexity index is 452. The molecular weight excluding hydrogens is 260 g/mol. The Morgan fingerprint density at radius 2 is 2.15 bits per heavy atom. The van der Waals surface area contributed by atoms with Crippen molar-refractivity contribution in [3.63, 3.8) is 0 Å². The first-order chi connectivity index (χ1) is 9.54. The highest BCUT2D eigenvalue weighted by Gasteiger charge is 2.20. The summed E-state index contributed by atoms with van der Waals surface area (Å²) in [6.45, 7) is 2.93. The van der Waals surface area contributed by atoms with E-state index in [-0.39, 0.29) is 12.5 Å². The lowest BCUT2D eigenvalue weighted by Crippen LogP contribution is -2.37. The van der Waals surface area contributed by atoms with Gasteiger partial charge in [-0.3, -0.25) is 4.79 Å². The summed E-state index contributed by atoms with van der Waals surface area (Å²) in [6.07, 6.45) is 2.26. The Labute approximate surface area is 118 Å². The molecule has 0 saturated heterocycles. The van der Waals surface area contributed by atoms with Crippen molar-refractivity contribution in [1.82, 2.24) is 14.9 Å². The van der Waals surface area contributed by atoms with E-state index in [2.05, 4.69) is 15.4 Å². The number of anilines is 2. The van der Waals surface area contributed by atoms with Crippen LogP contribution < -0.4 is 20.9 Å². The molecule has 0 unspecified atom stereocenters. The molecule has 0 fully saturated rings. The minimum Gasteiger partial charge on any atom is -0.490 e. The molecule has 1 amide bonds. The van der Waals surface area contributed by atoms with Crippen molar-refractivity contribution in [1.29, 1.82) is 0 Å². The molecule has 0 spiro atoms. The second-order valence-electron chi connectivity index (χ2n) is 4.43. The van der Waals surface area contributed by atoms with Gasteiger partial charge in [0.1, 0.15) is 6.33 Å². The van der Waals surface area contributed by atoms with Gasteiger partial charge >= 0.3 is 0 Å². The maximum absolute atomic E-state index is 11.9. The highest BCUT2D eigenvalue weighted by molar-refractivity contribution is 5.81. The Morgan fingerprint density at radius 1 is 1.45 bits per heavy atom. The summed E-state index contributed by atoms with van der Waals surface area (Å²) in [5, 5.41) is 0. The van der Waals surface area contributed by atoms with E-state index >= 15 is 0 Å². The molecule has 8 heteroatoms. The smallest absolute Gasteiger partial charge is 0.241 e. The Kier molecular flexibility index (Phi) is 5.98. The van der Waals surface area contributed by atoms with Crippen molar-refractivity contribution in [2.24, 2.45) is 5.84 Å². The molecule has 0 radical (unpaired) electrons. The second-order valence-corrected chi connectivity index (χ2v) is 4.43. The highest BCUT2D eigenvalue weighted by Crippen LogP contribution is 2.31. The van der Waals surface area contributed by atoms with Crippen LogP contribution in [0.4, 0.5) is 11.6 Å². The molecule has 3 N–H and O–H groups in total. The molecule has 1 aromatic rings. The number of methoxy groups -OCH3 is 1. The molecule has 1 aromatic heterocycles. The van der Waals surface area contributed by atoms with Gasteiger partial charge in [0.2, 0.25) is 11.7 Å². The number of nitrogens with one attached hydrogen (secondary N) is 1. The maximum atomic E-state index is 11.9. The van der Waals surface area contributed by atoms with Crippen LogP contribution in [0.5, 0.6) is 5.75 Å². The zero-order valence-corrected chi connectivity index (χ0v) is 12.4. The number of nitrogen functional groups attached to an aromatic ring is 1. The lowest BCUT2D eigenvalue weighted by molar-refractivity contribution is -0.127. The summed E-state index contributed by atoms with van der Waals surface area (Å²) in [6, 6.07) is 0. The van der Waals surface area contributed by atoms with Crippen LogP contribution in [-0.2, 0) is 4.79 Å². The Balaban J connectivity index is 3.11. The van der Waals surface area contributed by atoms with Crippen molar-refractivity contribution >= 4 is 17.5 Å². The van der Waals surface area contributed by atoms with E-state index in [0.717, 1.165) is 6.42 Å². The third-order valence-electron chi connectivity index (χ3n) is 2.74. The molecule has 0 aliphatic carbocycles. The van der Waals surface area contributed by atoms with Crippen LogP contribution >= 0.6 is 0 Å². The van der Waals surface area contributed by atoms with Gasteiger partial charge in [0, 0.05) is 20.6 Å². The molecule has 112 valence electrons. The van der Waals surface area contributed by atoms with E-state index in [1.807, 2.05) is 11.8 Å². The molecule has 1 rings (SSSR count). The van der Waals surface area contributed by atoms with Crippen LogP contribution in [0, 0.1) is 0 Å². The van der Waals surface area contributed by atoms with Gasteiger partial charge in [-0.05, 0) is 6.42 Å². The number of aromatic nitrogens is 2. The third kappa shape index (κ3) is 3.70. The number of rotatable bonds is 7. The van der Waals surface area contributed by atoms with Crippen LogP contribution in [-0.4, -0.2) is 55.1 Å². The fraction of sp³-hybridized carbons (Fsp3) is 0.583. The number of ether oxygens (including phenoxy) is 1. The number of carbonyl (C=O) groups excluding carboxylic acids is 1. The number of hydrogen-bond acceptors (Lipinski definition) is 7. The van der Waals surface area contributed by atoms with Crippen LogP contribution in [0.2, 0.25) is 0 Å². The highest BCUT2D eigenvalue weighted by atomic mass is 16.5. The summed E-state index contributed by atoms with van der Waals surface area (Å²) in [4.78, 5) is 23.5. The minimum absolute atomic E-state index is 0.0126. The maximum Gasteiger partial charge on any atom is 0.241 e. The summed E-state index contributed by atoms with van der Waals surface area (Å²) >= 11 is 0. The van der Waals surface area contributed by atoms with E-state index in [1.165, 1.54) is 13.4 Å². The average molecular weight is 282 g/mol. The van der Waals surface area contributed by atoms with E-state index in [0.29, 0.717) is 23.9 Å². The predicted octanol–water partition coefficient (Wildman–Crippen LogP) is 0.0754. The first-order valence-electron chi connectivity index (χ1n) is 6.35. The molecule has 0 saturated carbocycles. The Morgan fingerprint density at radius 3 is 2.65 bits per heavy atom. The van der Waals surface area contributed by atoms with Crippen LogP contribution in [0.1, 0.15) is 13.3 Å². The number of nitrogens with two attached hydrogens (primary N) is 1. The van der Waals surface area contributed by atoms with Crippen LogP contribution in [0.3, 0.4) is 0 Å². The van der Waals surface area contributed by atoms with E-state index in [9.17, 15) is 4.79 Å². The molecule has 8 nitrogen and oxygen atoms in total. The largest absolute Gasteiger partial charge is 0.490 e. The topological polar surface area (TPSA) is 96.6 Å². The second kappa shape index (κ2) is 7.49. The van der Waals surface area contributed by atoms with Crippen molar-refractivity contribution in [3.05, 3.63) is 6.33 Å². The standard InChI is InChI=1S/C12H22N6O2/c1-5-6-18(7-9(19)17(2)3)12-10(20-4)11(16-13)14-8-15-12/h8H,5-7,13H2,1-4H3,(H,14,15,16). The van der Waals surface area contributed by atoms with Gasteiger partial charge in [0.05, 0.1) is 13.7 Å². The van der Waals surface area contributed by atoms with Gasteiger partial charge in [0.25, 0.3) is 0 Å². The molecule has 0 aliphatic rings. The fourth-order valence-electron chi connectivity index (χ4n) is 1.71. The number of likely N-dealkylation sites (N-methyl/N-ethyl adjacent to an activating group) is 1. The van der Waals surface area contributed by atoms with E-state index in [1.54, 1.807) is 19.0 Å². The molecule has 1 heterocycles. The lowest BCUT2D eigenvalue weighted by atomic mass is 10.3. The Hall–Kier alpha value is -2.09. The fourth-order valence-corrected chi connectivity index (χ4v) is 1.71. The quantitative estimate of drug-likeness (QED) is 0.540. The summed E-state index contributed by atoms with van der Waals surface area (Å²) in [7, 11) is 4.95. The summed E-state index contributed by atoms with van der Waals surface area (Å²) in [5.41, 5.74) is 2.46. The zero-order valence-electron chi connectivity index (χ0n) is 12.4. The van der Waals surface area contributed by atoms with E-state index in [4.69, 9.17) is 10.6 Å².